The molecule has 0 spiro atoms. The number of aliphatic imine (C=N–C) groups is 1. The van der Waals surface area contributed by atoms with E-state index in [1.807, 2.05) is 0 Å². The second kappa shape index (κ2) is 7.09. The van der Waals surface area contributed by atoms with E-state index in [2.05, 4.69) is 15.9 Å². The fourth-order valence-electron chi connectivity index (χ4n) is 4.19. The fourth-order valence-corrected chi connectivity index (χ4v) is 4.88. The second-order valence-electron chi connectivity index (χ2n) is 6.83. The third kappa shape index (κ3) is 2.51. The van der Waals surface area contributed by atoms with Gasteiger partial charge in [0.2, 0.25) is 12.5 Å². The number of carbonyl (C=O) groups is 1. The summed E-state index contributed by atoms with van der Waals surface area (Å²) < 4.78 is 34.3. The molecule has 0 bridgehead atoms. The molecule has 30 heavy (non-hydrogen) atoms. The van der Waals surface area contributed by atoms with E-state index in [0.717, 1.165) is 15.6 Å². The molecule has 0 aliphatic carbocycles. The lowest BCUT2D eigenvalue weighted by Crippen LogP contribution is -2.22. The maximum Gasteiger partial charge on any atom is 0.343 e. The average molecular weight is 476 g/mol. The number of carbonyl (C=O) groups excluding carboxylic acids is 1. The van der Waals surface area contributed by atoms with Crippen LogP contribution in [0.15, 0.2) is 21.6 Å². The molecule has 1 atom stereocenters. The lowest BCUT2D eigenvalue weighted by Gasteiger charge is -2.25. The van der Waals surface area contributed by atoms with E-state index < -0.39 is 12.1 Å². The molecule has 3 heterocycles. The highest BCUT2D eigenvalue weighted by molar-refractivity contribution is 9.10. The van der Waals surface area contributed by atoms with Crippen molar-refractivity contribution in [3.05, 3.63) is 38.9 Å². The first kappa shape index (κ1) is 19.0. The lowest BCUT2D eigenvalue weighted by atomic mass is 9.89. The van der Waals surface area contributed by atoms with Gasteiger partial charge in [-0.1, -0.05) is 6.07 Å². The van der Waals surface area contributed by atoms with Crippen molar-refractivity contribution < 1.29 is 33.2 Å². The number of esters is 1. The molecule has 3 aliphatic rings. The molecule has 2 aromatic carbocycles. The Morgan fingerprint density at radius 1 is 1.03 bits per heavy atom. The van der Waals surface area contributed by atoms with E-state index in [1.54, 1.807) is 19.2 Å². The SMILES string of the molecule is COc1ccc2c(c1OC)C(=O)OC2C1=NCCc2c(Br)c3c(c(OC)c21)OCO3. The van der Waals surface area contributed by atoms with Crippen LogP contribution in [-0.2, 0) is 11.2 Å². The summed E-state index contributed by atoms with van der Waals surface area (Å²) in [5.74, 6) is 1.96. The van der Waals surface area contributed by atoms with Gasteiger partial charge in [-0.15, -0.1) is 0 Å². The Balaban J connectivity index is 1.71. The minimum atomic E-state index is -0.701. The van der Waals surface area contributed by atoms with Gasteiger partial charge in [-0.3, -0.25) is 4.99 Å². The van der Waals surface area contributed by atoms with E-state index in [4.69, 9.17) is 33.4 Å². The normalized spacial score (nSPS) is 18.3. The molecule has 3 aliphatic heterocycles. The molecule has 0 radical (unpaired) electrons. The number of hydrogen-bond donors (Lipinski definition) is 0. The first-order valence-corrected chi connectivity index (χ1v) is 10.1. The van der Waals surface area contributed by atoms with Crippen LogP contribution >= 0.6 is 15.9 Å². The molecule has 0 amide bonds. The molecular formula is C21H18BrNO7. The minimum absolute atomic E-state index is 0.109. The van der Waals surface area contributed by atoms with E-state index in [-0.39, 0.29) is 6.79 Å². The quantitative estimate of drug-likeness (QED) is 0.625. The predicted molar refractivity (Wildman–Crippen MR) is 110 cm³/mol. The lowest BCUT2D eigenvalue weighted by molar-refractivity contribution is 0.0491. The number of nitrogens with zero attached hydrogens (tertiary/aromatic N) is 1. The maximum atomic E-state index is 12.8. The van der Waals surface area contributed by atoms with Gasteiger partial charge in [-0.25, -0.2) is 4.79 Å². The summed E-state index contributed by atoms with van der Waals surface area (Å²) >= 11 is 3.64. The molecule has 1 unspecified atom stereocenters. The van der Waals surface area contributed by atoms with Crippen LogP contribution in [0.1, 0.15) is 33.2 Å². The van der Waals surface area contributed by atoms with Crippen LogP contribution in [0.3, 0.4) is 0 Å². The highest BCUT2D eigenvalue weighted by Gasteiger charge is 2.43. The Morgan fingerprint density at radius 2 is 1.80 bits per heavy atom. The smallest absolute Gasteiger partial charge is 0.343 e. The van der Waals surface area contributed by atoms with Crippen LogP contribution in [-0.4, -0.2) is 46.3 Å². The number of methoxy groups -OCH3 is 3. The number of fused-ring (bicyclic) bond motifs is 3. The van der Waals surface area contributed by atoms with Gasteiger partial charge < -0.3 is 28.4 Å². The summed E-state index contributed by atoms with van der Waals surface area (Å²) in [6.07, 6.45) is -0.0150. The summed E-state index contributed by atoms with van der Waals surface area (Å²) in [6, 6.07) is 3.56. The van der Waals surface area contributed by atoms with Gasteiger partial charge >= 0.3 is 5.97 Å². The third-order valence-electron chi connectivity index (χ3n) is 5.45. The Kier molecular flexibility index (Phi) is 4.50. The summed E-state index contributed by atoms with van der Waals surface area (Å²) in [5.41, 5.74) is 3.34. The molecule has 0 saturated carbocycles. The maximum absolute atomic E-state index is 12.8. The van der Waals surface area contributed by atoms with E-state index >= 15 is 0 Å². The van der Waals surface area contributed by atoms with Gasteiger partial charge in [0.05, 0.1) is 37.1 Å². The zero-order valence-electron chi connectivity index (χ0n) is 16.5. The average Bonchev–Trinajstić information content (AvgIpc) is 3.38. The Bertz CT molecular complexity index is 1110. The molecule has 0 saturated heterocycles. The summed E-state index contributed by atoms with van der Waals surface area (Å²) in [6.45, 7) is 0.651. The predicted octanol–water partition coefficient (Wildman–Crippen LogP) is 3.46. The topological polar surface area (TPSA) is 84.8 Å². The van der Waals surface area contributed by atoms with Gasteiger partial charge in [0.15, 0.2) is 29.1 Å². The Labute approximate surface area is 180 Å². The van der Waals surface area contributed by atoms with Gasteiger partial charge in [0, 0.05) is 12.1 Å². The molecule has 8 nitrogen and oxygen atoms in total. The summed E-state index contributed by atoms with van der Waals surface area (Å²) in [5, 5.41) is 0. The molecule has 0 fully saturated rings. The Hall–Kier alpha value is -2.94. The first-order valence-electron chi connectivity index (χ1n) is 9.29. The number of benzene rings is 2. The van der Waals surface area contributed by atoms with Crippen molar-refractivity contribution >= 4 is 27.6 Å². The number of cyclic esters (lactones) is 1. The number of halogens is 1. The van der Waals surface area contributed by atoms with Crippen molar-refractivity contribution in [1.82, 2.24) is 0 Å². The van der Waals surface area contributed by atoms with Crippen LogP contribution in [0, 0.1) is 0 Å². The minimum Gasteiger partial charge on any atom is -0.493 e. The number of hydrogen-bond acceptors (Lipinski definition) is 8. The van der Waals surface area contributed by atoms with E-state index in [1.165, 1.54) is 14.2 Å². The molecule has 156 valence electrons. The third-order valence-corrected chi connectivity index (χ3v) is 6.29. The van der Waals surface area contributed by atoms with Gasteiger partial charge in [-0.2, -0.15) is 0 Å². The number of rotatable bonds is 4. The largest absolute Gasteiger partial charge is 0.493 e. The monoisotopic (exact) mass is 475 g/mol. The van der Waals surface area contributed by atoms with Crippen molar-refractivity contribution in [2.24, 2.45) is 4.99 Å². The molecule has 0 N–H and O–H groups in total. The zero-order chi connectivity index (χ0) is 21.0. The highest BCUT2D eigenvalue weighted by Crippen LogP contribution is 2.53. The standard InChI is InChI=1S/C21H18BrNO7/c1-25-11-5-4-10-13(17(11)26-2)21(24)30-16(10)15-12-9(6-7-23-15)14(22)19-20(18(12)27-3)29-8-28-19/h4-5,16H,6-8H2,1-3H3. The van der Waals surface area contributed by atoms with Gasteiger partial charge in [0.25, 0.3) is 0 Å². The van der Waals surface area contributed by atoms with Crippen molar-refractivity contribution in [3.63, 3.8) is 0 Å². The second-order valence-corrected chi connectivity index (χ2v) is 7.63. The van der Waals surface area contributed by atoms with Gasteiger partial charge in [0.1, 0.15) is 5.56 Å². The van der Waals surface area contributed by atoms with Crippen molar-refractivity contribution in [2.45, 2.75) is 12.5 Å². The first-order chi connectivity index (χ1) is 14.6. The van der Waals surface area contributed by atoms with Crippen LogP contribution < -0.4 is 23.7 Å². The molecule has 2 aromatic rings. The summed E-state index contributed by atoms with van der Waals surface area (Å²) in [4.78, 5) is 17.5. The highest BCUT2D eigenvalue weighted by atomic mass is 79.9. The van der Waals surface area contributed by atoms with E-state index in [0.29, 0.717) is 58.6 Å². The van der Waals surface area contributed by atoms with Crippen molar-refractivity contribution in [2.75, 3.05) is 34.7 Å². The molecule has 9 heteroatoms. The molecule has 5 rings (SSSR count). The van der Waals surface area contributed by atoms with E-state index in [9.17, 15) is 4.79 Å². The summed E-state index contributed by atoms with van der Waals surface area (Å²) in [7, 11) is 4.58. The van der Waals surface area contributed by atoms with Crippen molar-refractivity contribution in [1.29, 1.82) is 0 Å². The molecular weight excluding hydrogens is 458 g/mol. The van der Waals surface area contributed by atoms with Crippen LogP contribution in [0.4, 0.5) is 0 Å². The van der Waals surface area contributed by atoms with Gasteiger partial charge in [-0.05, 0) is 34.0 Å². The molecule has 0 aromatic heterocycles. The van der Waals surface area contributed by atoms with Crippen LogP contribution in [0.2, 0.25) is 0 Å². The van der Waals surface area contributed by atoms with Crippen LogP contribution in [0.5, 0.6) is 28.7 Å². The Morgan fingerprint density at radius 3 is 2.53 bits per heavy atom. The van der Waals surface area contributed by atoms with Crippen molar-refractivity contribution in [3.8, 4) is 28.7 Å². The fraction of sp³-hybridized carbons (Fsp3) is 0.333. The van der Waals surface area contributed by atoms with Crippen LogP contribution in [0.25, 0.3) is 0 Å². The number of ether oxygens (including phenoxy) is 6. The zero-order valence-corrected chi connectivity index (χ0v) is 18.1.